The summed E-state index contributed by atoms with van der Waals surface area (Å²) in [6.45, 7) is 0. The number of para-hydroxylation sites is 1. The first-order valence-electron chi connectivity index (χ1n) is 6.77. The molecule has 2 aromatic carbocycles. The van der Waals surface area contributed by atoms with Crippen LogP contribution < -0.4 is 4.72 Å². The number of nitrogens with one attached hydrogen (secondary N) is 1. The van der Waals surface area contributed by atoms with E-state index in [1.54, 1.807) is 12.1 Å². The van der Waals surface area contributed by atoms with Crippen LogP contribution in [0.3, 0.4) is 0 Å². The number of rotatable bonds is 5. The first kappa shape index (κ1) is 17.5. The number of methoxy groups -OCH3 is 2. The van der Waals surface area contributed by atoms with Crippen LogP contribution in [-0.2, 0) is 19.5 Å². The fraction of sp³-hybridized carbons (Fsp3) is 0.125. The van der Waals surface area contributed by atoms with Crippen molar-refractivity contribution < 1.29 is 27.5 Å². The first-order valence-corrected chi connectivity index (χ1v) is 8.26. The Hall–Kier alpha value is -2.87. The standard InChI is InChI=1S/C16H15NO6S/c1-22-15(18)11-7-9-12(10-8-11)24(20,21)17-14-6-4-3-5-13(14)16(19)23-2/h3-10,17H,1-2H3. The van der Waals surface area contributed by atoms with Crippen LogP contribution in [0.25, 0.3) is 0 Å². The topological polar surface area (TPSA) is 98.8 Å². The molecule has 126 valence electrons. The molecule has 0 amide bonds. The summed E-state index contributed by atoms with van der Waals surface area (Å²) >= 11 is 0. The number of esters is 2. The zero-order valence-corrected chi connectivity index (χ0v) is 13.8. The summed E-state index contributed by atoms with van der Waals surface area (Å²) in [7, 11) is -1.49. The molecular formula is C16H15NO6S. The molecule has 24 heavy (non-hydrogen) atoms. The summed E-state index contributed by atoms with van der Waals surface area (Å²) in [5.74, 6) is -1.22. The van der Waals surface area contributed by atoms with Gasteiger partial charge in [0.1, 0.15) is 0 Å². The largest absolute Gasteiger partial charge is 0.465 e. The third-order valence-electron chi connectivity index (χ3n) is 3.16. The zero-order valence-electron chi connectivity index (χ0n) is 13.0. The molecule has 2 rings (SSSR count). The summed E-state index contributed by atoms with van der Waals surface area (Å²) in [6, 6.07) is 11.3. The highest BCUT2D eigenvalue weighted by molar-refractivity contribution is 7.92. The first-order chi connectivity index (χ1) is 11.4. The molecule has 0 atom stereocenters. The monoisotopic (exact) mass is 349 g/mol. The number of ether oxygens (including phenoxy) is 2. The quantitative estimate of drug-likeness (QED) is 0.830. The molecule has 0 fully saturated rings. The van der Waals surface area contributed by atoms with Crippen LogP contribution in [0.15, 0.2) is 53.4 Å². The lowest BCUT2D eigenvalue weighted by Gasteiger charge is -2.11. The lowest BCUT2D eigenvalue weighted by molar-refractivity contribution is 0.0592. The lowest BCUT2D eigenvalue weighted by Crippen LogP contribution is -2.16. The van der Waals surface area contributed by atoms with E-state index in [1.165, 1.54) is 50.6 Å². The second-order valence-corrected chi connectivity index (χ2v) is 6.34. The third kappa shape index (κ3) is 3.72. The Morgan fingerprint density at radius 2 is 1.46 bits per heavy atom. The van der Waals surface area contributed by atoms with Crippen LogP contribution in [0.1, 0.15) is 20.7 Å². The summed E-state index contributed by atoms with van der Waals surface area (Å²) in [5, 5.41) is 0. The average Bonchev–Trinajstić information content (AvgIpc) is 2.60. The van der Waals surface area contributed by atoms with Crippen molar-refractivity contribution in [2.45, 2.75) is 4.90 Å². The number of hydrogen-bond donors (Lipinski definition) is 1. The maximum Gasteiger partial charge on any atom is 0.339 e. The molecule has 0 bridgehead atoms. The molecule has 0 spiro atoms. The van der Waals surface area contributed by atoms with Crippen molar-refractivity contribution in [2.75, 3.05) is 18.9 Å². The van der Waals surface area contributed by atoms with Crippen molar-refractivity contribution in [1.82, 2.24) is 0 Å². The number of carbonyl (C=O) groups is 2. The minimum Gasteiger partial charge on any atom is -0.465 e. The molecule has 0 unspecified atom stereocenters. The summed E-state index contributed by atoms with van der Waals surface area (Å²) in [4.78, 5) is 23.0. The van der Waals surface area contributed by atoms with Crippen LogP contribution in [0.2, 0.25) is 0 Å². The molecule has 0 aliphatic heterocycles. The van der Waals surface area contributed by atoms with E-state index in [1.807, 2.05) is 0 Å². The van der Waals surface area contributed by atoms with Crippen molar-refractivity contribution in [2.24, 2.45) is 0 Å². The maximum atomic E-state index is 12.4. The predicted octanol–water partition coefficient (Wildman–Crippen LogP) is 2.06. The van der Waals surface area contributed by atoms with E-state index in [0.717, 1.165) is 0 Å². The molecule has 2 aromatic rings. The van der Waals surface area contributed by atoms with E-state index in [0.29, 0.717) is 0 Å². The molecule has 0 aliphatic rings. The molecule has 0 saturated heterocycles. The summed E-state index contributed by atoms with van der Waals surface area (Å²) < 4.78 is 36.4. The fourth-order valence-electron chi connectivity index (χ4n) is 1.95. The van der Waals surface area contributed by atoms with Gasteiger partial charge in [0.25, 0.3) is 10.0 Å². The van der Waals surface area contributed by atoms with E-state index >= 15 is 0 Å². The van der Waals surface area contributed by atoms with Crippen molar-refractivity contribution >= 4 is 27.6 Å². The van der Waals surface area contributed by atoms with Gasteiger partial charge in [-0.15, -0.1) is 0 Å². The van der Waals surface area contributed by atoms with Crippen LogP contribution in [-0.4, -0.2) is 34.6 Å². The molecule has 0 aromatic heterocycles. The zero-order chi connectivity index (χ0) is 17.7. The van der Waals surface area contributed by atoms with Crippen LogP contribution in [0.4, 0.5) is 5.69 Å². The predicted molar refractivity (Wildman–Crippen MR) is 86.4 cm³/mol. The summed E-state index contributed by atoms with van der Waals surface area (Å²) in [6.07, 6.45) is 0. The number of anilines is 1. The highest BCUT2D eigenvalue weighted by atomic mass is 32.2. The molecule has 0 saturated carbocycles. The van der Waals surface area contributed by atoms with E-state index in [-0.39, 0.29) is 21.7 Å². The van der Waals surface area contributed by atoms with Gasteiger partial charge in [-0.1, -0.05) is 12.1 Å². The highest BCUT2D eigenvalue weighted by Crippen LogP contribution is 2.21. The van der Waals surface area contributed by atoms with E-state index in [9.17, 15) is 18.0 Å². The molecule has 0 aliphatic carbocycles. The van der Waals surface area contributed by atoms with Gasteiger partial charge in [-0.25, -0.2) is 18.0 Å². The average molecular weight is 349 g/mol. The highest BCUT2D eigenvalue weighted by Gasteiger charge is 2.19. The van der Waals surface area contributed by atoms with Crippen LogP contribution >= 0.6 is 0 Å². The van der Waals surface area contributed by atoms with Gasteiger partial charge in [-0.3, -0.25) is 4.72 Å². The van der Waals surface area contributed by atoms with E-state index < -0.39 is 22.0 Å². The van der Waals surface area contributed by atoms with Gasteiger partial charge >= 0.3 is 11.9 Å². The lowest BCUT2D eigenvalue weighted by atomic mass is 10.2. The van der Waals surface area contributed by atoms with Gasteiger partial charge in [0.05, 0.1) is 35.9 Å². The van der Waals surface area contributed by atoms with Gasteiger partial charge in [0.2, 0.25) is 0 Å². The van der Waals surface area contributed by atoms with E-state index in [2.05, 4.69) is 14.2 Å². The Bertz CT molecular complexity index is 858. The van der Waals surface area contributed by atoms with Gasteiger partial charge in [0, 0.05) is 0 Å². The van der Waals surface area contributed by atoms with Crippen molar-refractivity contribution in [3.63, 3.8) is 0 Å². The second-order valence-electron chi connectivity index (χ2n) is 4.66. The molecule has 8 heteroatoms. The van der Waals surface area contributed by atoms with Crippen LogP contribution in [0, 0.1) is 0 Å². The van der Waals surface area contributed by atoms with Crippen molar-refractivity contribution in [3.05, 3.63) is 59.7 Å². The Labute approximate surface area is 139 Å². The molecule has 0 heterocycles. The number of carbonyl (C=O) groups excluding carboxylic acids is 2. The maximum absolute atomic E-state index is 12.4. The Kier molecular flexibility index (Phi) is 5.20. The Balaban J connectivity index is 2.33. The van der Waals surface area contributed by atoms with Crippen LogP contribution in [0.5, 0.6) is 0 Å². The smallest absolute Gasteiger partial charge is 0.339 e. The molecule has 1 N–H and O–H groups in total. The normalized spacial score (nSPS) is 10.8. The minimum absolute atomic E-state index is 0.0604. The van der Waals surface area contributed by atoms with E-state index in [4.69, 9.17) is 0 Å². The van der Waals surface area contributed by atoms with Gasteiger partial charge in [-0.05, 0) is 36.4 Å². The summed E-state index contributed by atoms with van der Waals surface area (Å²) in [5.41, 5.74) is 0.419. The molecular weight excluding hydrogens is 334 g/mol. The fourth-order valence-corrected chi connectivity index (χ4v) is 3.03. The van der Waals surface area contributed by atoms with Crippen molar-refractivity contribution in [3.8, 4) is 0 Å². The SMILES string of the molecule is COC(=O)c1ccc(S(=O)(=O)Nc2ccccc2C(=O)OC)cc1. The Morgan fingerprint density at radius 3 is 2.04 bits per heavy atom. The van der Waals surface area contributed by atoms with Gasteiger partial charge in [0.15, 0.2) is 0 Å². The number of benzene rings is 2. The molecule has 0 radical (unpaired) electrons. The number of sulfonamides is 1. The third-order valence-corrected chi connectivity index (χ3v) is 4.54. The second kappa shape index (κ2) is 7.14. The van der Waals surface area contributed by atoms with Crippen molar-refractivity contribution in [1.29, 1.82) is 0 Å². The molecule has 7 nitrogen and oxygen atoms in total. The minimum atomic E-state index is -3.94. The Morgan fingerprint density at radius 1 is 0.875 bits per heavy atom. The van der Waals surface area contributed by atoms with Gasteiger partial charge < -0.3 is 9.47 Å². The number of hydrogen-bond acceptors (Lipinski definition) is 6. The van der Waals surface area contributed by atoms with Gasteiger partial charge in [-0.2, -0.15) is 0 Å².